The van der Waals surface area contributed by atoms with Gasteiger partial charge in [0.15, 0.2) is 0 Å². The number of hydrogen-bond donors (Lipinski definition) is 0. The predicted octanol–water partition coefficient (Wildman–Crippen LogP) is 1.20. The van der Waals surface area contributed by atoms with E-state index in [9.17, 15) is 0 Å². The summed E-state index contributed by atoms with van der Waals surface area (Å²) in [5, 5.41) is 0. The van der Waals surface area contributed by atoms with Crippen molar-refractivity contribution in [1.29, 1.82) is 0 Å². The van der Waals surface area contributed by atoms with Crippen molar-refractivity contribution in [2.24, 2.45) is 5.92 Å². The van der Waals surface area contributed by atoms with Crippen LogP contribution in [0.2, 0.25) is 0 Å². The third-order valence-corrected chi connectivity index (χ3v) is 2.46. The van der Waals surface area contributed by atoms with Crippen LogP contribution in [0.25, 0.3) is 0 Å². The van der Waals surface area contributed by atoms with Gasteiger partial charge in [0.05, 0.1) is 12.7 Å². The second kappa shape index (κ2) is 2.89. The number of ether oxygens (including phenoxy) is 2. The van der Waals surface area contributed by atoms with Gasteiger partial charge in [-0.15, -0.1) is 0 Å². The van der Waals surface area contributed by atoms with Gasteiger partial charge in [0.25, 0.3) is 0 Å². The summed E-state index contributed by atoms with van der Waals surface area (Å²) >= 11 is 0. The Kier molecular flexibility index (Phi) is 1.91. The molecule has 0 aliphatic carbocycles. The zero-order valence-electron chi connectivity index (χ0n) is 6.21. The van der Waals surface area contributed by atoms with Gasteiger partial charge < -0.3 is 9.47 Å². The molecule has 10 heavy (non-hydrogen) atoms. The molecule has 0 saturated carbocycles. The average molecular weight is 142 g/mol. The molecule has 0 aromatic carbocycles. The summed E-state index contributed by atoms with van der Waals surface area (Å²) in [6, 6.07) is 0. The molecule has 0 radical (unpaired) electrons. The molecule has 0 aromatic rings. The number of rotatable bonds is 1. The van der Waals surface area contributed by atoms with Crippen LogP contribution in [0.3, 0.4) is 0 Å². The minimum Gasteiger partial charge on any atom is -0.381 e. The van der Waals surface area contributed by atoms with Gasteiger partial charge in [-0.25, -0.2) is 0 Å². The first-order valence-corrected chi connectivity index (χ1v) is 4.16. The van der Waals surface area contributed by atoms with E-state index in [1.54, 1.807) is 0 Å². The first kappa shape index (κ1) is 6.62. The number of hydrogen-bond acceptors (Lipinski definition) is 2. The third kappa shape index (κ3) is 1.18. The van der Waals surface area contributed by atoms with Crippen LogP contribution in [-0.2, 0) is 9.47 Å². The molecular weight excluding hydrogens is 128 g/mol. The van der Waals surface area contributed by atoms with E-state index in [4.69, 9.17) is 9.47 Å². The van der Waals surface area contributed by atoms with Crippen LogP contribution in [0.15, 0.2) is 0 Å². The zero-order valence-corrected chi connectivity index (χ0v) is 6.21. The summed E-state index contributed by atoms with van der Waals surface area (Å²) in [5.41, 5.74) is 0. The van der Waals surface area contributed by atoms with Crippen LogP contribution in [0.1, 0.15) is 19.3 Å². The molecule has 2 saturated heterocycles. The first-order chi connectivity index (χ1) is 4.97. The summed E-state index contributed by atoms with van der Waals surface area (Å²) in [5.74, 6) is 0.711. The van der Waals surface area contributed by atoms with Gasteiger partial charge in [0.1, 0.15) is 0 Å². The molecule has 2 aliphatic heterocycles. The van der Waals surface area contributed by atoms with E-state index in [-0.39, 0.29) is 0 Å². The van der Waals surface area contributed by atoms with Crippen molar-refractivity contribution in [2.45, 2.75) is 25.4 Å². The van der Waals surface area contributed by atoms with Crippen molar-refractivity contribution in [1.82, 2.24) is 0 Å². The Hall–Kier alpha value is -0.0800. The van der Waals surface area contributed by atoms with Crippen LogP contribution in [0, 0.1) is 5.92 Å². The van der Waals surface area contributed by atoms with Crippen LogP contribution in [0.5, 0.6) is 0 Å². The highest BCUT2D eigenvalue weighted by atomic mass is 16.5. The fourth-order valence-electron chi connectivity index (χ4n) is 1.68. The second-order valence-corrected chi connectivity index (χ2v) is 3.18. The molecule has 2 rings (SSSR count). The molecule has 2 fully saturated rings. The Morgan fingerprint density at radius 1 is 1.10 bits per heavy atom. The SMILES string of the molecule is C1COCC(C2CCO2)C1. The van der Waals surface area contributed by atoms with E-state index in [1.807, 2.05) is 0 Å². The second-order valence-electron chi connectivity index (χ2n) is 3.18. The quantitative estimate of drug-likeness (QED) is 0.547. The molecule has 2 nitrogen and oxygen atoms in total. The molecule has 2 heterocycles. The van der Waals surface area contributed by atoms with Crippen molar-refractivity contribution in [2.75, 3.05) is 19.8 Å². The van der Waals surface area contributed by atoms with Crippen LogP contribution < -0.4 is 0 Å². The van der Waals surface area contributed by atoms with E-state index < -0.39 is 0 Å². The summed E-state index contributed by atoms with van der Waals surface area (Å²) in [6.45, 7) is 2.87. The Balaban J connectivity index is 1.78. The molecule has 2 atom stereocenters. The monoisotopic (exact) mass is 142 g/mol. The van der Waals surface area contributed by atoms with E-state index in [1.165, 1.54) is 19.3 Å². The van der Waals surface area contributed by atoms with Gasteiger partial charge >= 0.3 is 0 Å². The average Bonchev–Trinajstić information content (AvgIpc) is 1.86. The van der Waals surface area contributed by atoms with Crippen molar-refractivity contribution in [3.05, 3.63) is 0 Å². The summed E-state index contributed by atoms with van der Waals surface area (Å²) < 4.78 is 10.7. The predicted molar refractivity (Wildman–Crippen MR) is 37.9 cm³/mol. The maximum Gasteiger partial charge on any atom is 0.0647 e. The van der Waals surface area contributed by atoms with Crippen molar-refractivity contribution < 1.29 is 9.47 Å². The highest BCUT2D eigenvalue weighted by Crippen LogP contribution is 2.26. The third-order valence-electron chi connectivity index (χ3n) is 2.46. The lowest BCUT2D eigenvalue weighted by molar-refractivity contribution is -0.116. The molecule has 0 amide bonds. The molecule has 0 N–H and O–H groups in total. The molecular formula is C8H14O2. The van der Waals surface area contributed by atoms with Crippen molar-refractivity contribution in [3.8, 4) is 0 Å². The topological polar surface area (TPSA) is 18.5 Å². The molecule has 0 aromatic heterocycles. The fraction of sp³-hybridized carbons (Fsp3) is 1.00. The first-order valence-electron chi connectivity index (χ1n) is 4.16. The smallest absolute Gasteiger partial charge is 0.0647 e. The Bertz CT molecular complexity index is 104. The van der Waals surface area contributed by atoms with Crippen molar-refractivity contribution in [3.63, 3.8) is 0 Å². The molecule has 2 heteroatoms. The lowest BCUT2D eigenvalue weighted by Crippen LogP contribution is -2.38. The van der Waals surface area contributed by atoms with E-state index in [0.717, 1.165) is 19.8 Å². The van der Waals surface area contributed by atoms with Gasteiger partial charge in [-0.1, -0.05) is 0 Å². The van der Waals surface area contributed by atoms with Crippen LogP contribution >= 0.6 is 0 Å². The van der Waals surface area contributed by atoms with Crippen molar-refractivity contribution >= 4 is 0 Å². The highest BCUT2D eigenvalue weighted by Gasteiger charge is 2.29. The summed E-state index contributed by atoms with van der Waals surface area (Å²) in [4.78, 5) is 0. The zero-order chi connectivity index (χ0) is 6.81. The fourth-order valence-corrected chi connectivity index (χ4v) is 1.68. The Labute approximate surface area is 61.5 Å². The van der Waals surface area contributed by atoms with Gasteiger partial charge in [0, 0.05) is 19.1 Å². The van der Waals surface area contributed by atoms with Gasteiger partial charge in [-0.3, -0.25) is 0 Å². The minimum atomic E-state index is 0.542. The molecule has 58 valence electrons. The van der Waals surface area contributed by atoms with Gasteiger partial charge in [0.2, 0.25) is 0 Å². The van der Waals surface area contributed by atoms with Crippen LogP contribution in [-0.4, -0.2) is 25.9 Å². The minimum absolute atomic E-state index is 0.542. The van der Waals surface area contributed by atoms with E-state index in [2.05, 4.69) is 0 Å². The van der Waals surface area contributed by atoms with E-state index >= 15 is 0 Å². The standard InChI is InChI=1S/C8H14O2/c1-2-7(6-9-4-1)8-3-5-10-8/h7-8H,1-6H2. The van der Waals surface area contributed by atoms with Gasteiger partial charge in [-0.05, 0) is 19.3 Å². The molecule has 0 spiro atoms. The lowest BCUT2D eigenvalue weighted by atomic mass is 9.92. The largest absolute Gasteiger partial charge is 0.381 e. The maximum atomic E-state index is 5.39. The lowest BCUT2D eigenvalue weighted by Gasteiger charge is -2.35. The Morgan fingerprint density at radius 3 is 2.50 bits per heavy atom. The molecule has 2 aliphatic rings. The summed E-state index contributed by atoms with van der Waals surface area (Å²) in [6.07, 6.45) is 4.34. The maximum absolute atomic E-state index is 5.39. The summed E-state index contributed by atoms with van der Waals surface area (Å²) in [7, 11) is 0. The normalized spacial score (nSPS) is 40.8. The Morgan fingerprint density at radius 2 is 2.00 bits per heavy atom. The highest BCUT2D eigenvalue weighted by molar-refractivity contribution is 4.77. The van der Waals surface area contributed by atoms with Crippen LogP contribution in [0.4, 0.5) is 0 Å². The molecule has 0 bridgehead atoms. The van der Waals surface area contributed by atoms with E-state index in [0.29, 0.717) is 12.0 Å². The van der Waals surface area contributed by atoms with Gasteiger partial charge in [-0.2, -0.15) is 0 Å². The molecule has 2 unspecified atom stereocenters.